The molecule has 0 unspecified atom stereocenters. The molecule has 1 saturated heterocycles. The van der Waals surface area contributed by atoms with Gasteiger partial charge >= 0.3 is 0 Å². The summed E-state index contributed by atoms with van der Waals surface area (Å²) in [5, 5.41) is 2.87. The smallest absolute Gasteiger partial charge is 0.246 e. The second kappa shape index (κ2) is 9.26. The highest BCUT2D eigenvalue weighted by molar-refractivity contribution is 5.88. The van der Waals surface area contributed by atoms with E-state index < -0.39 is 0 Å². The summed E-state index contributed by atoms with van der Waals surface area (Å²) in [6.45, 7) is 5.87. The van der Waals surface area contributed by atoms with E-state index in [9.17, 15) is 9.59 Å². The molecule has 1 heterocycles. The van der Waals surface area contributed by atoms with Crippen molar-refractivity contribution in [3.05, 3.63) is 47.5 Å². The van der Waals surface area contributed by atoms with E-state index in [1.54, 1.807) is 13.0 Å². The molecule has 1 N–H and O–H groups in total. The second-order valence-electron chi connectivity index (χ2n) is 6.68. The van der Waals surface area contributed by atoms with Crippen LogP contribution in [0.3, 0.4) is 0 Å². The molecule has 1 aromatic rings. The van der Waals surface area contributed by atoms with E-state index in [0.29, 0.717) is 5.92 Å². The topological polar surface area (TPSA) is 49.4 Å². The van der Waals surface area contributed by atoms with Crippen molar-refractivity contribution < 1.29 is 9.59 Å². The molecule has 2 amide bonds. The monoisotopic (exact) mass is 328 g/mol. The molecular weight excluding hydrogens is 300 g/mol. The Hall–Kier alpha value is -2.10. The van der Waals surface area contributed by atoms with E-state index in [1.807, 2.05) is 30.0 Å². The molecule has 24 heavy (non-hydrogen) atoms. The zero-order valence-electron chi connectivity index (χ0n) is 14.8. The van der Waals surface area contributed by atoms with Gasteiger partial charge in [-0.1, -0.05) is 35.9 Å². The van der Waals surface area contributed by atoms with Gasteiger partial charge in [0.05, 0.1) is 0 Å². The molecule has 0 bridgehead atoms. The molecular formula is C20H28N2O2. The van der Waals surface area contributed by atoms with Crippen molar-refractivity contribution >= 4 is 11.8 Å². The molecule has 0 saturated carbocycles. The van der Waals surface area contributed by atoms with E-state index in [4.69, 9.17) is 0 Å². The van der Waals surface area contributed by atoms with Crippen molar-refractivity contribution in [1.82, 2.24) is 10.2 Å². The Bertz CT molecular complexity index is 573. The van der Waals surface area contributed by atoms with Gasteiger partial charge in [-0.3, -0.25) is 9.59 Å². The summed E-state index contributed by atoms with van der Waals surface area (Å²) in [6.07, 6.45) is 5.59. The fourth-order valence-electron chi connectivity index (χ4n) is 3.01. The molecule has 1 aromatic carbocycles. The molecule has 4 nitrogen and oxygen atoms in total. The number of hydrogen-bond acceptors (Lipinski definition) is 2. The number of likely N-dealkylation sites (tertiary alicyclic amines) is 1. The zero-order valence-corrected chi connectivity index (χ0v) is 14.8. The molecule has 1 fully saturated rings. The second-order valence-corrected chi connectivity index (χ2v) is 6.68. The minimum absolute atomic E-state index is 0.0190. The SMILES string of the molecule is CC(=O)NCC1CCN(C(=O)C=C(C)CCc2ccccc2)CC1. The Balaban J connectivity index is 1.74. The average Bonchev–Trinajstić information content (AvgIpc) is 2.59. The molecule has 0 aromatic heterocycles. The van der Waals surface area contributed by atoms with Gasteiger partial charge in [0.15, 0.2) is 0 Å². The summed E-state index contributed by atoms with van der Waals surface area (Å²) >= 11 is 0. The Labute approximate surface area is 144 Å². The van der Waals surface area contributed by atoms with Gasteiger partial charge in [-0.25, -0.2) is 0 Å². The van der Waals surface area contributed by atoms with E-state index in [1.165, 1.54) is 5.56 Å². The van der Waals surface area contributed by atoms with Crippen LogP contribution in [0.15, 0.2) is 42.0 Å². The molecule has 0 aliphatic carbocycles. The third-order valence-corrected chi connectivity index (χ3v) is 4.59. The van der Waals surface area contributed by atoms with E-state index in [-0.39, 0.29) is 11.8 Å². The predicted octanol–water partition coefficient (Wildman–Crippen LogP) is 2.94. The van der Waals surface area contributed by atoms with Crippen LogP contribution in [0.2, 0.25) is 0 Å². The largest absolute Gasteiger partial charge is 0.356 e. The Kier molecular flexibility index (Phi) is 7.04. The van der Waals surface area contributed by atoms with Crippen molar-refractivity contribution in [3.8, 4) is 0 Å². The third-order valence-electron chi connectivity index (χ3n) is 4.59. The van der Waals surface area contributed by atoms with Crippen LogP contribution in [0.5, 0.6) is 0 Å². The number of benzene rings is 1. The first-order valence-electron chi connectivity index (χ1n) is 8.79. The van der Waals surface area contributed by atoms with Crippen LogP contribution in [0, 0.1) is 5.92 Å². The summed E-state index contributed by atoms with van der Waals surface area (Å²) in [4.78, 5) is 25.3. The van der Waals surface area contributed by atoms with Crippen LogP contribution in [-0.2, 0) is 16.0 Å². The molecule has 0 radical (unpaired) electrons. The molecule has 2 rings (SSSR count). The van der Waals surface area contributed by atoms with Crippen LogP contribution in [0.1, 0.15) is 38.7 Å². The fourth-order valence-corrected chi connectivity index (χ4v) is 3.01. The van der Waals surface area contributed by atoms with Crippen molar-refractivity contribution in [2.24, 2.45) is 5.92 Å². The van der Waals surface area contributed by atoms with Gasteiger partial charge in [-0.15, -0.1) is 0 Å². The quantitative estimate of drug-likeness (QED) is 0.816. The van der Waals surface area contributed by atoms with Crippen LogP contribution >= 0.6 is 0 Å². The summed E-state index contributed by atoms with van der Waals surface area (Å²) in [7, 11) is 0. The first-order valence-corrected chi connectivity index (χ1v) is 8.79. The number of aryl methyl sites for hydroxylation is 1. The van der Waals surface area contributed by atoms with Gasteiger partial charge in [-0.05, 0) is 44.1 Å². The van der Waals surface area contributed by atoms with Crippen LogP contribution in [-0.4, -0.2) is 36.3 Å². The predicted molar refractivity (Wildman–Crippen MR) is 96.5 cm³/mol. The summed E-state index contributed by atoms with van der Waals surface area (Å²) in [5.74, 6) is 0.630. The molecule has 0 spiro atoms. The van der Waals surface area contributed by atoms with Crippen LogP contribution < -0.4 is 5.32 Å². The standard InChI is InChI=1S/C20H28N2O2/c1-16(8-9-18-6-4-3-5-7-18)14-20(24)22-12-10-19(11-13-22)15-21-17(2)23/h3-7,14,19H,8-13,15H2,1-2H3,(H,21,23). The van der Waals surface area contributed by atoms with Gasteiger partial charge in [0.2, 0.25) is 11.8 Å². The first-order chi connectivity index (χ1) is 11.5. The summed E-state index contributed by atoms with van der Waals surface area (Å²) in [6, 6.07) is 10.4. The molecule has 1 aliphatic rings. The maximum Gasteiger partial charge on any atom is 0.246 e. The van der Waals surface area contributed by atoms with Crippen LogP contribution in [0.4, 0.5) is 0 Å². The zero-order chi connectivity index (χ0) is 17.4. The maximum absolute atomic E-state index is 12.4. The van der Waals surface area contributed by atoms with Crippen LogP contribution in [0.25, 0.3) is 0 Å². The highest BCUT2D eigenvalue weighted by atomic mass is 16.2. The van der Waals surface area contributed by atoms with Gasteiger partial charge < -0.3 is 10.2 Å². The minimum Gasteiger partial charge on any atom is -0.356 e. The van der Waals surface area contributed by atoms with E-state index >= 15 is 0 Å². The Morgan fingerprint density at radius 1 is 1.17 bits per heavy atom. The fraction of sp³-hybridized carbons (Fsp3) is 0.500. The first kappa shape index (κ1) is 18.2. The molecule has 0 atom stereocenters. The van der Waals surface area contributed by atoms with Gasteiger partial charge in [0, 0.05) is 32.6 Å². The van der Waals surface area contributed by atoms with Crippen molar-refractivity contribution in [3.63, 3.8) is 0 Å². The van der Waals surface area contributed by atoms with E-state index in [0.717, 1.165) is 50.9 Å². The number of rotatable bonds is 6. The number of piperidine rings is 1. The lowest BCUT2D eigenvalue weighted by Crippen LogP contribution is -2.40. The molecule has 130 valence electrons. The number of allylic oxidation sites excluding steroid dienone is 1. The van der Waals surface area contributed by atoms with Gasteiger partial charge in [0.1, 0.15) is 0 Å². The minimum atomic E-state index is 0.0190. The normalized spacial score (nSPS) is 16.1. The number of hydrogen-bond donors (Lipinski definition) is 1. The highest BCUT2D eigenvalue weighted by Crippen LogP contribution is 2.17. The molecule has 4 heteroatoms. The lowest BCUT2D eigenvalue weighted by molar-refractivity contribution is -0.127. The summed E-state index contributed by atoms with van der Waals surface area (Å²) in [5.41, 5.74) is 2.43. The van der Waals surface area contributed by atoms with E-state index in [2.05, 4.69) is 17.4 Å². The van der Waals surface area contributed by atoms with Crippen molar-refractivity contribution in [2.45, 2.75) is 39.5 Å². The Morgan fingerprint density at radius 3 is 2.46 bits per heavy atom. The average molecular weight is 328 g/mol. The highest BCUT2D eigenvalue weighted by Gasteiger charge is 2.21. The Morgan fingerprint density at radius 2 is 1.83 bits per heavy atom. The number of amides is 2. The number of nitrogens with one attached hydrogen (secondary N) is 1. The lowest BCUT2D eigenvalue weighted by atomic mass is 9.96. The number of carbonyl (C=O) groups excluding carboxylic acids is 2. The van der Waals surface area contributed by atoms with Crippen molar-refractivity contribution in [2.75, 3.05) is 19.6 Å². The third kappa shape index (κ3) is 6.19. The van der Waals surface area contributed by atoms with Gasteiger partial charge in [-0.2, -0.15) is 0 Å². The summed E-state index contributed by atoms with van der Waals surface area (Å²) < 4.78 is 0. The van der Waals surface area contributed by atoms with Gasteiger partial charge in [0.25, 0.3) is 0 Å². The van der Waals surface area contributed by atoms with Crippen molar-refractivity contribution in [1.29, 1.82) is 0 Å². The number of nitrogens with zero attached hydrogens (tertiary/aromatic N) is 1. The number of carbonyl (C=O) groups is 2. The maximum atomic E-state index is 12.4. The molecule has 1 aliphatic heterocycles. The lowest BCUT2D eigenvalue weighted by Gasteiger charge is -2.31.